The normalized spacial score (nSPS) is 20.5. The Morgan fingerprint density at radius 2 is 1.59 bits per heavy atom. The number of benzene rings is 2. The molecule has 6 rings (SSSR count). The van der Waals surface area contributed by atoms with Gasteiger partial charge < -0.3 is 35.5 Å². The summed E-state index contributed by atoms with van der Waals surface area (Å²) in [5, 5.41) is 25.1. The zero-order valence-corrected chi connectivity index (χ0v) is 30.8. The number of likely N-dealkylation sites (tertiary alicyclic amines) is 1. The van der Waals surface area contributed by atoms with Gasteiger partial charge in [-0.15, -0.1) is 12.4 Å². The Kier molecular flexibility index (Phi) is 17.6. The van der Waals surface area contributed by atoms with E-state index in [0.29, 0.717) is 32.5 Å². The number of likely N-dealkylation sites (N-methyl/N-ethyl adjacent to an activating group) is 2. The number of nitrogens with zero attached hydrogens (tertiary/aromatic N) is 4. The summed E-state index contributed by atoms with van der Waals surface area (Å²) in [6, 6.07) is 8.09. The van der Waals surface area contributed by atoms with Crippen LogP contribution in [-0.4, -0.2) is 125 Å². The summed E-state index contributed by atoms with van der Waals surface area (Å²) in [5.41, 5.74) is 0.255. The monoisotopic (exact) mass is 758 g/mol. The van der Waals surface area contributed by atoms with E-state index in [1.165, 1.54) is 67.3 Å². The van der Waals surface area contributed by atoms with Gasteiger partial charge >= 0.3 is 0 Å². The van der Waals surface area contributed by atoms with E-state index in [-0.39, 0.29) is 46.8 Å². The molecule has 4 N–H and O–H groups in total. The fraction of sp³-hybridized carbons (Fsp3) is 0.406. The lowest BCUT2D eigenvalue weighted by Gasteiger charge is -2.20. The largest absolute Gasteiger partial charge is 0.507 e. The number of hydrogen-bond donors (Lipinski definition) is 4. The molecule has 49 heavy (non-hydrogen) atoms. The van der Waals surface area contributed by atoms with Gasteiger partial charge in [0.15, 0.2) is 11.5 Å². The molecule has 2 amide bonds. The van der Waals surface area contributed by atoms with Gasteiger partial charge in [0.25, 0.3) is 5.91 Å². The highest BCUT2D eigenvalue weighted by Crippen LogP contribution is 2.33. The Labute approximate surface area is 305 Å². The fourth-order valence-electron chi connectivity index (χ4n) is 4.67. The van der Waals surface area contributed by atoms with Crippen molar-refractivity contribution in [2.45, 2.75) is 24.9 Å². The molecule has 11 nitrogen and oxygen atoms in total. The lowest BCUT2D eigenvalue weighted by molar-refractivity contribution is -0.117. The van der Waals surface area contributed by atoms with E-state index in [0.717, 1.165) is 43.8 Å². The van der Waals surface area contributed by atoms with Crippen LogP contribution in [-0.2, 0) is 9.59 Å². The van der Waals surface area contributed by atoms with E-state index in [1.54, 1.807) is 0 Å². The Balaban J connectivity index is 0.000000263. The minimum Gasteiger partial charge on any atom is -0.507 e. The molecule has 17 heteroatoms. The average molecular weight is 759 g/mol. The number of thiocarbonyl (C=S) groups is 1. The number of aldehydes is 1. The van der Waals surface area contributed by atoms with Crippen LogP contribution in [0.3, 0.4) is 0 Å². The molecular formula is C32H41ClF2N6O5S3. The standard InChI is InChI=1S/C16H18FN3O2S.C7H5FO2.C6H14N2.C3H3NOS2.ClH/c1-19(2)12-5-6-20(9-12)16-18-15(22)14(23-16)8-10-7-11(17)3-4-13(10)21;8-6-1-2-7(10)5(3-6)4-9;1-8(2)6-3-4-7-5-6;5-2-1-7-3(6)4-2;/h3-4,7-8,12,21H,5-6,9H2,1-2H3;1-4,10H;6-7H,3-5H2,1-2H3;1H2,(H,4,5,6);1H/b14-8-;;;;/t12-;;6-;;/m1.1../s1. The molecule has 0 radical (unpaired) electrons. The van der Waals surface area contributed by atoms with Crippen molar-refractivity contribution in [1.29, 1.82) is 0 Å². The van der Waals surface area contributed by atoms with Crippen molar-refractivity contribution < 1.29 is 33.4 Å². The number of carbonyl (C=O) groups excluding carboxylic acids is 3. The first-order valence-corrected chi connectivity index (χ1v) is 17.2. The second kappa shape index (κ2) is 20.5. The van der Waals surface area contributed by atoms with Crippen molar-refractivity contribution in [3.8, 4) is 11.5 Å². The lowest BCUT2D eigenvalue weighted by Crippen LogP contribution is -2.33. The van der Waals surface area contributed by atoms with Crippen molar-refractivity contribution in [2.24, 2.45) is 4.99 Å². The van der Waals surface area contributed by atoms with Crippen LogP contribution in [0.1, 0.15) is 28.8 Å². The van der Waals surface area contributed by atoms with Crippen molar-refractivity contribution in [3.63, 3.8) is 0 Å². The van der Waals surface area contributed by atoms with Crippen molar-refractivity contribution >= 4 is 81.8 Å². The third kappa shape index (κ3) is 13.6. The summed E-state index contributed by atoms with van der Waals surface area (Å²) >= 11 is 7.28. The maximum atomic E-state index is 13.3. The molecule has 2 atom stereocenters. The van der Waals surface area contributed by atoms with E-state index in [4.69, 9.17) is 5.11 Å². The zero-order valence-electron chi connectivity index (χ0n) is 27.5. The zero-order chi connectivity index (χ0) is 35.4. The average Bonchev–Trinajstić information content (AvgIpc) is 3.86. The van der Waals surface area contributed by atoms with E-state index >= 15 is 0 Å². The van der Waals surface area contributed by atoms with Gasteiger partial charge in [0.05, 0.1) is 16.2 Å². The predicted molar refractivity (Wildman–Crippen MR) is 199 cm³/mol. The first-order valence-electron chi connectivity index (χ1n) is 15.0. The molecule has 4 aliphatic heterocycles. The second-order valence-corrected chi connectivity index (χ2v) is 14.1. The summed E-state index contributed by atoms with van der Waals surface area (Å²) in [6.45, 7) is 4.07. The first kappa shape index (κ1) is 42.0. The Bertz CT molecular complexity index is 1530. The quantitative estimate of drug-likeness (QED) is 0.204. The molecule has 0 spiro atoms. The molecule has 2 aromatic rings. The Morgan fingerprint density at radius 1 is 0.980 bits per heavy atom. The van der Waals surface area contributed by atoms with Gasteiger partial charge in [0.1, 0.15) is 27.5 Å². The summed E-state index contributed by atoms with van der Waals surface area (Å²) in [5.74, 6) is -1.07. The molecule has 3 fully saturated rings. The van der Waals surface area contributed by atoms with Gasteiger partial charge in [0.2, 0.25) is 5.91 Å². The highest BCUT2D eigenvalue weighted by Gasteiger charge is 2.32. The number of carbonyl (C=O) groups is 3. The number of nitrogens with one attached hydrogen (secondary N) is 2. The van der Waals surface area contributed by atoms with Crippen LogP contribution < -0.4 is 10.6 Å². The van der Waals surface area contributed by atoms with Gasteiger partial charge in [-0.25, -0.2) is 8.78 Å². The van der Waals surface area contributed by atoms with Gasteiger partial charge in [-0.2, -0.15) is 4.99 Å². The van der Waals surface area contributed by atoms with Crippen LogP contribution in [0.15, 0.2) is 46.3 Å². The molecule has 2 aromatic carbocycles. The van der Waals surface area contributed by atoms with E-state index in [1.807, 2.05) is 14.1 Å². The second-order valence-electron chi connectivity index (χ2n) is 11.4. The maximum absolute atomic E-state index is 13.3. The van der Waals surface area contributed by atoms with Gasteiger partial charge in [0, 0.05) is 37.3 Å². The van der Waals surface area contributed by atoms with Crippen molar-refractivity contribution in [1.82, 2.24) is 25.3 Å². The fourth-order valence-corrected chi connectivity index (χ4v) is 6.42. The highest BCUT2D eigenvalue weighted by atomic mass is 35.5. The SMILES string of the molecule is CN(C)[C@@H]1CCN(C2=NC(=O)/C(=C/c3cc(F)ccc3O)S2)C1.CN(C)[C@@H]1CCNC1.Cl.O=C1CSC(=S)N1.O=Cc1cc(F)ccc1O. The summed E-state index contributed by atoms with van der Waals surface area (Å²) in [4.78, 5) is 43.4. The number of amidine groups is 1. The molecule has 0 aliphatic carbocycles. The van der Waals surface area contributed by atoms with Crippen molar-refractivity contribution in [2.75, 3.05) is 60.1 Å². The highest BCUT2D eigenvalue weighted by molar-refractivity contribution is 8.24. The Hall–Kier alpha value is -3.12. The number of rotatable bonds is 4. The number of aliphatic imine (C=N–C) groups is 1. The third-order valence-corrected chi connectivity index (χ3v) is 9.78. The Morgan fingerprint density at radius 3 is 2.02 bits per heavy atom. The molecule has 0 bridgehead atoms. The third-order valence-electron chi connectivity index (χ3n) is 7.51. The molecule has 0 aromatic heterocycles. The molecule has 268 valence electrons. The van der Waals surface area contributed by atoms with E-state index in [2.05, 4.69) is 56.6 Å². The maximum Gasteiger partial charge on any atom is 0.286 e. The van der Waals surface area contributed by atoms with Crippen LogP contribution in [0.4, 0.5) is 8.78 Å². The number of halogens is 3. The predicted octanol–water partition coefficient (Wildman–Crippen LogP) is 3.95. The number of phenols is 2. The van der Waals surface area contributed by atoms with Crippen molar-refractivity contribution in [3.05, 3.63) is 64.1 Å². The minimum atomic E-state index is -0.528. The van der Waals surface area contributed by atoms with Crippen LogP contribution in [0.25, 0.3) is 6.08 Å². The molecule has 0 unspecified atom stereocenters. The van der Waals surface area contributed by atoms with Crippen LogP contribution in [0.5, 0.6) is 11.5 Å². The minimum absolute atomic E-state index is 0. The number of aromatic hydroxyl groups is 2. The number of hydrogen-bond acceptors (Lipinski definition) is 12. The van der Waals surface area contributed by atoms with Gasteiger partial charge in [-0.1, -0.05) is 24.0 Å². The molecule has 4 heterocycles. The lowest BCUT2D eigenvalue weighted by atomic mass is 10.2. The number of thioether (sulfide) groups is 2. The number of phenolic OH excluding ortho intramolecular Hbond substituents is 2. The van der Waals surface area contributed by atoms with Crippen LogP contribution in [0, 0.1) is 11.6 Å². The smallest absolute Gasteiger partial charge is 0.286 e. The number of amides is 2. The summed E-state index contributed by atoms with van der Waals surface area (Å²) in [7, 11) is 8.36. The van der Waals surface area contributed by atoms with E-state index in [9.17, 15) is 28.3 Å². The summed E-state index contributed by atoms with van der Waals surface area (Å²) < 4.78 is 26.2. The summed E-state index contributed by atoms with van der Waals surface area (Å²) in [6.07, 6.45) is 4.23. The molecule has 0 saturated carbocycles. The van der Waals surface area contributed by atoms with E-state index < -0.39 is 11.6 Å². The molecular weight excluding hydrogens is 718 g/mol. The first-order chi connectivity index (χ1) is 22.8. The van der Waals surface area contributed by atoms with Gasteiger partial charge in [-0.3, -0.25) is 14.4 Å². The van der Waals surface area contributed by atoms with Crippen LogP contribution >= 0.6 is 48.1 Å². The molecule has 3 saturated heterocycles. The molecule has 4 aliphatic rings. The topological polar surface area (TPSA) is 138 Å². The van der Waals surface area contributed by atoms with Gasteiger partial charge in [-0.05, 0) is 102 Å². The van der Waals surface area contributed by atoms with Crippen LogP contribution in [0.2, 0.25) is 0 Å².